The lowest BCUT2D eigenvalue weighted by atomic mass is 10.1. The number of carbonyl (C=O) groups excluding carboxylic acids is 4. The third-order valence-electron chi connectivity index (χ3n) is 4.72. The Balaban J connectivity index is 1.47. The van der Waals surface area contributed by atoms with E-state index < -0.39 is 36.2 Å². The summed E-state index contributed by atoms with van der Waals surface area (Å²) in [5, 5.41) is 2.71. The Bertz CT molecular complexity index is 970. The highest BCUT2D eigenvalue weighted by atomic mass is 16.5. The number of ether oxygens (including phenoxy) is 2. The van der Waals surface area contributed by atoms with Gasteiger partial charge in [-0.25, -0.2) is 0 Å². The minimum Gasteiger partial charge on any atom is -0.497 e. The Hall–Kier alpha value is -3.68. The number of Topliss-reactive ketones (excluding diaryl/α,β-unsaturated/α-hetero) is 1. The first-order valence-corrected chi connectivity index (χ1v) is 9.46. The molecule has 0 spiro atoms. The number of rotatable bonds is 8. The van der Waals surface area contributed by atoms with Gasteiger partial charge in [-0.2, -0.15) is 0 Å². The molecule has 0 unspecified atom stereocenters. The SMILES string of the molecule is COc1ccc(CCNC(=O)[C@@H](C)OC(=O)CN2C(=O)C(=O)c3ccccc32)cc1. The molecule has 0 radical (unpaired) electrons. The molecule has 2 amide bonds. The van der Waals surface area contributed by atoms with E-state index in [9.17, 15) is 19.2 Å². The Morgan fingerprint density at radius 3 is 2.47 bits per heavy atom. The van der Waals surface area contributed by atoms with Crippen molar-refractivity contribution >= 4 is 29.3 Å². The van der Waals surface area contributed by atoms with E-state index in [2.05, 4.69) is 5.32 Å². The fraction of sp³-hybridized carbons (Fsp3) is 0.273. The standard InChI is InChI=1S/C22H22N2O6/c1-14(21(27)23-12-11-15-7-9-16(29-2)10-8-15)30-19(25)13-24-18-6-4-3-5-17(18)20(26)22(24)28/h3-10,14H,11-13H2,1-2H3,(H,23,27)/t14-/m1/s1. The van der Waals surface area contributed by atoms with Crippen molar-refractivity contribution in [2.75, 3.05) is 25.1 Å². The van der Waals surface area contributed by atoms with Crippen LogP contribution in [0.5, 0.6) is 5.75 Å². The molecule has 1 aliphatic rings. The van der Waals surface area contributed by atoms with Gasteiger partial charge in [0.15, 0.2) is 6.10 Å². The fourth-order valence-corrected chi connectivity index (χ4v) is 3.09. The number of ketones is 1. The van der Waals surface area contributed by atoms with Gasteiger partial charge < -0.3 is 14.8 Å². The van der Waals surface area contributed by atoms with E-state index in [1.807, 2.05) is 24.3 Å². The van der Waals surface area contributed by atoms with Crippen molar-refractivity contribution in [2.24, 2.45) is 0 Å². The summed E-state index contributed by atoms with van der Waals surface area (Å²) >= 11 is 0. The molecule has 0 bridgehead atoms. The predicted octanol–water partition coefficient (Wildman–Crippen LogP) is 1.52. The van der Waals surface area contributed by atoms with Crippen LogP contribution in [0.3, 0.4) is 0 Å². The first kappa shape index (κ1) is 21.0. The van der Waals surface area contributed by atoms with Crippen molar-refractivity contribution in [3.63, 3.8) is 0 Å². The Morgan fingerprint density at radius 1 is 1.07 bits per heavy atom. The lowest BCUT2D eigenvalue weighted by Gasteiger charge is -2.18. The monoisotopic (exact) mass is 410 g/mol. The van der Waals surface area contributed by atoms with Crippen LogP contribution >= 0.6 is 0 Å². The summed E-state index contributed by atoms with van der Waals surface area (Å²) in [6, 6.07) is 13.9. The van der Waals surface area contributed by atoms with E-state index >= 15 is 0 Å². The smallest absolute Gasteiger partial charge is 0.326 e. The van der Waals surface area contributed by atoms with Crippen molar-refractivity contribution in [3.05, 3.63) is 59.7 Å². The number of nitrogens with zero attached hydrogens (tertiary/aromatic N) is 1. The average molecular weight is 410 g/mol. The lowest BCUT2D eigenvalue weighted by Crippen LogP contribution is -2.40. The number of fused-ring (bicyclic) bond motifs is 1. The van der Waals surface area contributed by atoms with Gasteiger partial charge in [0.1, 0.15) is 12.3 Å². The van der Waals surface area contributed by atoms with Gasteiger partial charge in [0.05, 0.1) is 18.4 Å². The highest BCUT2D eigenvalue weighted by Gasteiger charge is 2.37. The number of hydrogen-bond donors (Lipinski definition) is 1. The summed E-state index contributed by atoms with van der Waals surface area (Å²) in [5.41, 5.74) is 1.64. The number of methoxy groups -OCH3 is 1. The van der Waals surface area contributed by atoms with Crippen LogP contribution in [0, 0.1) is 0 Å². The van der Waals surface area contributed by atoms with Gasteiger partial charge in [0.2, 0.25) is 0 Å². The molecule has 0 aromatic heterocycles. The molecule has 8 nitrogen and oxygen atoms in total. The Labute approximate surface area is 173 Å². The maximum Gasteiger partial charge on any atom is 0.326 e. The zero-order chi connectivity index (χ0) is 21.7. The van der Waals surface area contributed by atoms with Gasteiger partial charge in [-0.3, -0.25) is 24.1 Å². The van der Waals surface area contributed by atoms with Crippen LogP contribution in [0.1, 0.15) is 22.8 Å². The van der Waals surface area contributed by atoms with E-state index in [4.69, 9.17) is 9.47 Å². The zero-order valence-corrected chi connectivity index (χ0v) is 16.7. The molecule has 2 aromatic rings. The van der Waals surface area contributed by atoms with Gasteiger partial charge in [0, 0.05) is 6.54 Å². The molecule has 8 heteroatoms. The molecular formula is C22H22N2O6. The largest absolute Gasteiger partial charge is 0.497 e. The van der Waals surface area contributed by atoms with E-state index in [0.29, 0.717) is 18.7 Å². The van der Waals surface area contributed by atoms with Crippen molar-refractivity contribution < 1.29 is 28.7 Å². The van der Waals surface area contributed by atoms with E-state index in [1.54, 1.807) is 25.3 Å². The van der Waals surface area contributed by atoms with Crippen LogP contribution in [0.25, 0.3) is 0 Å². The second-order valence-electron chi connectivity index (χ2n) is 6.76. The fourth-order valence-electron chi connectivity index (χ4n) is 3.09. The van der Waals surface area contributed by atoms with E-state index in [-0.39, 0.29) is 5.56 Å². The van der Waals surface area contributed by atoms with Crippen LogP contribution in [0.2, 0.25) is 0 Å². The number of esters is 1. The van der Waals surface area contributed by atoms with Crippen LogP contribution in [0.15, 0.2) is 48.5 Å². The molecular weight excluding hydrogens is 388 g/mol. The third-order valence-corrected chi connectivity index (χ3v) is 4.72. The molecule has 1 atom stereocenters. The second-order valence-corrected chi connectivity index (χ2v) is 6.76. The zero-order valence-electron chi connectivity index (χ0n) is 16.7. The lowest BCUT2D eigenvalue weighted by molar-refractivity contribution is -0.153. The summed E-state index contributed by atoms with van der Waals surface area (Å²) in [6.45, 7) is 1.39. The molecule has 0 fully saturated rings. The summed E-state index contributed by atoms with van der Waals surface area (Å²) in [5.74, 6) is -1.91. The number of amides is 2. The van der Waals surface area contributed by atoms with E-state index in [1.165, 1.54) is 13.0 Å². The van der Waals surface area contributed by atoms with Gasteiger partial charge in [-0.1, -0.05) is 24.3 Å². The number of benzene rings is 2. The van der Waals surface area contributed by atoms with Crippen LogP contribution in [0.4, 0.5) is 5.69 Å². The van der Waals surface area contributed by atoms with Crippen molar-refractivity contribution in [2.45, 2.75) is 19.4 Å². The number of nitrogens with one attached hydrogen (secondary N) is 1. The number of hydrogen-bond acceptors (Lipinski definition) is 6. The molecule has 30 heavy (non-hydrogen) atoms. The van der Waals surface area contributed by atoms with Gasteiger partial charge >= 0.3 is 5.97 Å². The highest BCUT2D eigenvalue weighted by Crippen LogP contribution is 2.28. The van der Waals surface area contributed by atoms with Crippen molar-refractivity contribution in [1.29, 1.82) is 0 Å². The summed E-state index contributed by atoms with van der Waals surface area (Å²) in [7, 11) is 1.59. The molecule has 0 saturated heterocycles. The molecule has 2 aromatic carbocycles. The molecule has 0 saturated carbocycles. The van der Waals surface area contributed by atoms with Crippen LogP contribution in [-0.2, 0) is 25.5 Å². The molecule has 156 valence electrons. The third kappa shape index (κ3) is 4.65. The summed E-state index contributed by atoms with van der Waals surface area (Å²) < 4.78 is 10.2. The minimum atomic E-state index is -1.03. The van der Waals surface area contributed by atoms with Crippen molar-refractivity contribution in [3.8, 4) is 5.75 Å². The quantitative estimate of drug-likeness (QED) is 0.523. The molecule has 3 rings (SSSR count). The van der Waals surface area contributed by atoms with Crippen molar-refractivity contribution in [1.82, 2.24) is 5.32 Å². The normalized spacial score (nSPS) is 13.6. The number of anilines is 1. The Morgan fingerprint density at radius 2 is 1.77 bits per heavy atom. The Kier molecular flexibility index (Phi) is 6.46. The summed E-state index contributed by atoms with van der Waals surface area (Å²) in [6.07, 6.45) is -0.422. The number of carbonyl (C=O) groups is 4. The second kappa shape index (κ2) is 9.21. The van der Waals surface area contributed by atoms with Crippen LogP contribution < -0.4 is 15.0 Å². The maximum absolute atomic E-state index is 12.2. The van der Waals surface area contributed by atoms with Crippen LogP contribution in [-0.4, -0.2) is 49.9 Å². The first-order chi connectivity index (χ1) is 14.4. The average Bonchev–Trinajstić information content (AvgIpc) is 2.99. The molecule has 0 aliphatic carbocycles. The molecule has 1 aliphatic heterocycles. The number of para-hydroxylation sites is 1. The molecule has 1 N–H and O–H groups in total. The van der Waals surface area contributed by atoms with Gasteiger partial charge in [-0.15, -0.1) is 0 Å². The highest BCUT2D eigenvalue weighted by molar-refractivity contribution is 6.52. The van der Waals surface area contributed by atoms with Gasteiger partial charge in [0.25, 0.3) is 17.6 Å². The topological polar surface area (TPSA) is 102 Å². The van der Waals surface area contributed by atoms with Gasteiger partial charge in [-0.05, 0) is 43.2 Å². The molecule has 1 heterocycles. The predicted molar refractivity (Wildman–Crippen MR) is 108 cm³/mol. The minimum absolute atomic E-state index is 0.250. The summed E-state index contributed by atoms with van der Waals surface area (Å²) in [4.78, 5) is 49.5. The first-order valence-electron chi connectivity index (χ1n) is 9.46. The maximum atomic E-state index is 12.2. The van der Waals surface area contributed by atoms with E-state index in [0.717, 1.165) is 16.2 Å².